The summed E-state index contributed by atoms with van der Waals surface area (Å²) in [7, 11) is 0. The Bertz CT molecular complexity index is 192. The third-order valence-corrected chi connectivity index (χ3v) is 3.47. The van der Waals surface area contributed by atoms with Gasteiger partial charge in [0.15, 0.2) is 0 Å². The molecule has 0 bridgehead atoms. The van der Waals surface area contributed by atoms with E-state index in [0.717, 1.165) is 52.4 Å². The average molecular weight is 272 g/mol. The molecule has 0 aromatic heterocycles. The van der Waals surface area contributed by atoms with E-state index in [1.165, 1.54) is 0 Å². The molecule has 0 spiro atoms. The SMILES string of the molecule is C1CNCC(NCOCNC2CNCCNC2)CN1. The van der Waals surface area contributed by atoms with E-state index in [1.807, 2.05) is 0 Å². The summed E-state index contributed by atoms with van der Waals surface area (Å²) in [6.45, 7) is 9.36. The summed E-state index contributed by atoms with van der Waals surface area (Å²) in [5, 5.41) is 20.3. The van der Waals surface area contributed by atoms with Gasteiger partial charge in [-0.05, 0) is 0 Å². The molecule has 0 radical (unpaired) electrons. The third-order valence-electron chi connectivity index (χ3n) is 3.47. The van der Waals surface area contributed by atoms with Crippen molar-refractivity contribution in [1.29, 1.82) is 0 Å². The molecule has 2 heterocycles. The van der Waals surface area contributed by atoms with Gasteiger partial charge in [0.2, 0.25) is 0 Å². The van der Waals surface area contributed by atoms with Crippen LogP contribution in [0.1, 0.15) is 0 Å². The lowest BCUT2D eigenvalue weighted by Gasteiger charge is -2.19. The molecule has 2 aliphatic heterocycles. The second-order valence-corrected chi connectivity index (χ2v) is 5.11. The fourth-order valence-corrected chi connectivity index (χ4v) is 2.30. The predicted molar refractivity (Wildman–Crippen MR) is 76.1 cm³/mol. The van der Waals surface area contributed by atoms with Crippen LogP contribution >= 0.6 is 0 Å². The van der Waals surface area contributed by atoms with Crippen molar-refractivity contribution in [3.8, 4) is 0 Å². The number of hydrogen-bond acceptors (Lipinski definition) is 7. The van der Waals surface area contributed by atoms with Crippen LogP contribution in [0.3, 0.4) is 0 Å². The summed E-state index contributed by atoms with van der Waals surface area (Å²) in [4.78, 5) is 0. The summed E-state index contributed by atoms with van der Waals surface area (Å²) in [5.41, 5.74) is 0. The molecule has 0 unspecified atom stereocenters. The lowest BCUT2D eigenvalue weighted by atomic mass is 10.3. The van der Waals surface area contributed by atoms with Crippen LogP contribution in [0.5, 0.6) is 0 Å². The zero-order valence-corrected chi connectivity index (χ0v) is 11.6. The van der Waals surface area contributed by atoms with E-state index < -0.39 is 0 Å². The van der Waals surface area contributed by atoms with E-state index in [4.69, 9.17) is 4.74 Å². The Morgan fingerprint density at radius 2 is 1.05 bits per heavy atom. The molecule has 2 rings (SSSR count). The van der Waals surface area contributed by atoms with Crippen molar-refractivity contribution in [1.82, 2.24) is 31.9 Å². The van der Waals surface area contributed by atoms with E-state index in [1.54, 1.807) is 0 Å². The monoisotopic (exact) mass is 272 g/mol. The quantitative estimate of drug-likeness (QED) is 0.231. The maximum Gasteiger partial charge on any atom is 0.0986 e. The van der Waals surface area contributed by atoms with Crippen molar-refractivity contribution in [2.24, 2.45) is 0 Å². The summed E-state index contributed by atoms with van der Waals surface area (Å²) in [6, 6.07) is 0.896. The van der Waals surface area contributed by atoms with Crippen molar-refractivity contribution in [2.75, 3.05) is 65.8 Å². The van der Waals surface area contributed by atoms with Crippen LogP contribution in [0.25, 0.3) is 0 Å². The highest BCUT2D eigenvalue weighted by molar-refractivity contribution is 4.76. The first kappa shape index (κ1) is 15.1. The average Bonchev–Trinajstić information content (AvgIpc) is 2.83. The number of hydrogen-bond donors (Lipinski definition) is 6. The first-order valence-electron chi connectivity index (χ1n) is 7.32. The van der Waals surface area contributed by atoms with E-state index >= 15 is 0 Å². The fourth-order valence-electron chi connectivity index (χ4n) is 2.30. The standard InChI is InChI=1S/C12H28N6O/c1-2-14-6-11(5-13-1)17-9-19-10-18-12-7-15-3-4-16-8-12/h11-18H,1-10H2. The van der Waals surface area contributed by atoms with Gasteiger partial charge in [0.1, 0.15) is 0 Å². The molecule has 19 heavy (non-hydrogen) atoms. The summed E-state index contributed by atoms with van der Waals surface area (Å²) in [6.07, 6.45) is 0. The maximum atomic E-state index is 5.59. The van der Waals surface area contributed by atoms with Crippen molar-refractivity contribution < 1.29 is 4.74 Å². The van der Waals surface area contributed by atoms with Crippen LogP contribution in [-0.2, 0) is 4.74 Å². The highest BCUT2D eigenvalue weighted by atomic mass is 16.5. The van der Waals surface area contributed by atoms with Crippen LogP contribution in [0.15, 0.2) is 0 Å². The molecule has 2 aliphatic rings. The molecular formula is C12H28N6O. The molecule has 7 nitrogen and oxygen atoms in total. The van der Waals surface area contributed by atoms with Gasteiger partial charge in [-0.2, -0.15) is 0 Å². The Kier molecular flexibility index (Phi) is 7.63. The van der Waals surface area contributed by atoms with Gasteiger partial charge >= 0.3 is 0 Å². The van der Waals surface area contributed by atoms with Crippen molar-refractivity contribution in [2.45, 2.75) is 12.1 Å². The van der Waals surface area contributed by atoms with Gasteiger partial charge in [-0.3, -0.25) is 10.6 Å². The maximum absolute atomic E-state index is 5.59. The van der Waals surface area contributed by atoms with Crippen LogP contribution in [0.4, 0.5) is 0 Å². The molecular weight excluding hydrogens is 244 g/mol. The first-order chi connectivity index (χ1) is 9.45. The largest absolute Gasteiger partial charge is 0.351 e. The second-order valence-electron chi connectivity index (χ2n) is 5.11. The Morgan fingerprint density at radius 1 is 0.684 bits per heavy atom. The molecule has 6 N–H and O–H groups in total. The Balaban J connectivity index is 1.46. The van der Waals surface area contributed by atoms with Gasteiger partial charge in [-0.15, -0.1) is 0 Å². The molecule has 112 valence electrons. The van der Waals surface area contributed by atoms with Crippen LogP contribution < -0.4 is 31.9 Å². The second kappa shape index (κ2) is 9.60. The van der Waals surface area contributed by atoms with Gasteiger partial charge < -0.3 is 26.0 Å². The molecule has 2 fully saturated rings. The Labute approximate surface area is 115 Å². The first-order valence-corrected chi connectivity index (χ1v) is 7.32. The third kappa shape index (κ3) is 6.62. The zero-order valence-electron chi connectivity index (χ0n) is 11.6. The minimum absolute atomic E-state index is 0.448. The van der Waals surface area contributed by atoms with Crippen molar-refractivity contribution in [3.05, 3.63) is 0 Å². The molecule has 7 heteroatoms. The topological polar surface area (TPSA) is 81.4 Å². The van der Waals surface area contributed by atoms with Gasteiger partial charge in [-0.1, -0.05) is 0 Å². The van der Waals surface area contributed by atoms with E-state index in [9.17, 15) is 0 Å². The molecule has 2 saturated heterocycles. The summed E-state index contributed by atoms with van der Waals surface area (Å²) < 4.78 is 5.59. The van der Waals surface area contributed by atoms with E-state index in [0.29, 0.717) is 25.5 Å². The zero-order chi connectivity index (χ0) is 13.2. The molecule has 0 aromatic rings. The Hall–Kier alpha value is -0.280. The van der Waals surface area contributed by atoms with Gasteiger partial charge in [0.05, 0.1) is 13.5 Å². The molecule has 0 atom stereocenters. The smallest absolute Gasteiger partial charge is 0.0986 e. The lowest BCUT2D eigenvalue weighted by Crippen LogP contribution is -2.45. The number of ether oxygens (including phenoxy) is 1. The summed E-state index contributed by atoms with van der Waals surface area (Å²) >= 11 is 0. The number of rotatable bonds is 6. The van der Waals surface area contributed by atoms with Crippen LogP contribution in [0, 0.1) is 0 Å². The molecule has 0 amide bonds. The molecule has 0 saturated carbocycles. The Morgan fingerprint density at radius 3 is 1.42 bits per heavy atom. The minimum atomic E-state index is 0.448. The molecule has 0 aromatic carbocycles. The van der Waals surface area contributed by atoms with Crippen molar-refractivity contribution >= 4 is 0 Å². The van der Waals surface area contributed by atoms with Gasteiger partial charge in [0.25, 0.3) is 0 Å². The fraction of sp³-hybridized carbons (Fsp3) is 1.00. The lowest BCUT2D eigenvalue weighted by molar-refractivity contribution is 0.0862. The highest BCUT2D eigenvalue weighted by Crippen LogP contribution is 1.86. The van der Waals surface area contributed by atoms with Crippen molar-refractivity contribution in [3.63, 3.8) is 0 Å². The number of nitrogens with one attached hydrogen (secondary N) is 6. The van der Waals surface area contributed by atoms with E-state index in [2.05, 4.69) is 31.9 Å². The van der Waals surface area contributed by atoms with Gasteiger partial charge in [0, 0.05) is 64.4 Å². The van der Waals surface area contributed by atoms with Crippen LogP contribution in [-0.4, -0.2) is 77.9 Å². The predicted octanol–water partition coefficient (Wildman–Crippen LogP) is -2.78. The van der Waals surface area contributed by atoms with Gasteiger partial charge in [-0.25, -0.2) is 0 Å². The highest BCUT2D eigenvalue weighted by Gasteiger charge is 2.11. The van der Waals surface area contributed by atoms with Crippen LogP contribution in [0.2, 0.25) is 0 Å². The van der Waals surface area contributed by atoms with E-state index in [-0.39, 0.29) is 0 Å². The summed E-state index contributed by atoms with van der Waals surface area (Å²) in [5.74, 6) is 0. The molecule has 0 aliphatic carbocycles. The minimum Gasteiger partial charge on any atom is -0.351 e. The normalized spacial score (nSPS) is 24.0.